The first kappa shape index (κ1) is 19.3. The SMILES string of the molecule is COc1cccc(Cn2nccc2NC(=O)c2cc(-c3ccccc3)on2)c1OC. The Balaban J connectivity index is 1.52. The standard InChI is InChI=1S/C22H20N4O4/c1-28-18-10-6-9-16(21(18)29-2)14-26-20(11-12-23-26)24-22(27)17-13-19(30-25-17)15-7-4-3-5-8-15/h3-13H,14H2,1-2H3,(H,24,27). The third-order valence-corrected chi connectivity index (χ3v) is 4.56. The number of benzene rings is 2. The Hall–Kier alpha value is -4.07. The first-order chi connectivity index (χ1) is 14.7. The summed E-state index contributed by atoms with van der Waals surface area (Å²) in [5, 5.41) is 11.0. The van der Waals surface area contributed by atoms with Gasteiger partial charge in [0.15, 0.2) is 23.0 Å². The first-order valence-corrected chi connectivity index (χ1v) is 9.24. The Morgan fingerprint density at radius 3 is 2.67 bits per heavy atom. The number of hydrogen-bond donors (Lipinski definition) is 1. The van der Waals surface area contributed by atoms with Gasteiger partial charge in [-0.05, 0) is 6.07 Å². The lowest BCUT2D eigenvalue weighted by Gasteiger charge is -2.14. The summed E-state index contributed by atoms with van der Waals surface area (Å²) in [7, 11) is 3.17. The fourth-order valence-electron chi connectivity index (χ4n) is 3.11. The molecule has 0 saturated carbocycles. The van der Waals surface area contributed by atoms with Gasteiger partial charge >= 0.3 is 0 Å². The van der Waals surface area contributed by atoms with Crippen LogP contribution in [-0.2, 0) is 6.54 Å². The van der Waals surface area contributed by atoms with Crippen LogP contribution in [0.3, 0.4) is 0 Å². The van der Waals surface area contributed by atoms with Gasteiger partial charge in [0.1, 0.15) is 5.82 Å². The third kappa shape index (κ3) is 3.88. The number of hydrogen-bond acceptors (Lipinski definition) is 6. The molecule has 4 aromatic rings. The molecule has 8 heteroatoms. The second-order valence-corrected chi connectivity index (χ2v) is 6.42. The van der Waals surface area contributed by atoms with Crippen LogP contribution in [-0.4, -0.2) is 35.1 Å². The minimum atomic E-state index is -0.389. The van der Waals surface area contributed by atoms with Gasteiger partial charge in [-0.2, -0.15) is 5.10 Å². The van der Waals surface area contributed by atoms with Crippen molar-refractivity contribution < 1.29 is 18.8 Å². The van der Waals surface area contributed by atoms with Crippen molar-refractivity contribution in [2.24, 2.45) is 0 Å². The van der Waals surface area contributed by atoms with Crippen molar-refractivity contribution in [1.82, 2.24) is 14.9 Å². The zero-order valence-electron chi connectivity index (χ0n) is 16.5. The average Bonchev–Trinajstić information content (AvgIpc) is 3.44. The highest BCUT2D eigenvalue weighted by atomic mass is 16.5. The molecule has 0 unspecified atom stereocenters. The number of anilines is 1. The Morgan fingerprint density at radius 2 is 1.90 bits per heavy atom. The van der Waals surface area contributed by atoms with Crippen molar-refractivity contribution in [2.45, 2.75) is 6.54 Å². The maximum absolute atomic E-state index is 12.7. The van der Waals surface area contributed by atoms with Gasteiger partial charge in [0, 0.05) is 23.3 Å². The van der Waals surface area contributed by atoms with Crippen LogP contribution in [0.4, 0.5) is 5.82 Å². The maximum atomic E-state index is 12.7. The number of carbonyl (C=O) groups excluding carboxylic acids is 1. The summed E-state index contributed by atoms with van der Waals surface area (Å²) >= 11 is 0. The lowest BCUT2D eigenvalue weighted by Crippen LogP contribution is -2.16. The minimum absolute atomic E-state index is 0.181. The lowest BCUT2D eigenvalue weighted by atomic mass is 10.1. The fraction of sp³-hybridized carbons (Fsp3) is 0.136. The summed E-state index contributed by atoms with van der Waals surface area (Å²) in [4.78, 5) is 12.7. The minimum Gasteiger partial charge on any atom is -0.493 e. The first-order valence-electron chi connectivity index (χ1n) is 9.24. The summed E-state index contributed by atoms with van der Waals surface area (Å²) < 4.78 is 17.8. The van der Waals surface area contributed by atoms with E-state index in [1.165, 1.54) is 0 Å². The second kappa shape index (κ2) is 8.52. The van der Waals surface area contributed by atoms with Crippen LogP contribution in [0.2, 0.25) is 0 Å². The van der Waals surface area contributed by atoms with Crippen molar-refractivity contribution in [2.75, 3.05) is 19.5 Å². The fourth-order valence-corrected chi connectivity index (χ4v) is 3.11. The molecule has 2 aromatic heterocycles. The Morgan fingerprint density at radius 1 is 1.07 bits per heavy atom. The van der Waals surface area contributed by atoms with Crippen LogP contribution in [0, 0.1) is 0 Å². The molecule has 0 aliphatic carbocycles. The predicted molar refractivity (Wildman–Crippen MR) is 111 cm³/mol. The molecule has 0 saturated heterocycles. The number of aromatic nitrogens is 3. The van der Waals surface area contributed by atoms with Crippen molar-refractivity contribution in [3.8, 4) is 22.8 Å². The third-order valence-electron chi connectivity index (χ3n) is 4.56. The van der Waals surface area contributed by atoms with E-state index in [0.717, 1.165) is 11.1 Å². The van der Waals surface area contributed by atoms with Gasteiger partial charge in [0.25, 0.3) is 5.91 Å². The van der Waals surface area contributed by atoms with Crippen molar-refractivity contribution in [3.63, 3.8) is 0 Å². The number of ether oxygens (including phenoxy) is 2. The number of nitrogens with zero attached hydrogens (tertiary/aromatic N) is 3. The van der Waals surface area contributed by atoms with E-state index in [0.29, 0.717) is 29.6 Å². The lowest BCUT2D eigenvalue weighted by molar-refractivity contribution is 0.101. The molecule has 0 fully saturated rings. The number of nitrogens with one attached hydrogen (secondary N) is 1. The van der Waals surface area contributed by atoms with Gasteiger partial charge in [0.2, 0.25) is 0 Å². The highest BCUT2D eigenvalue weighted by Gasteiger charge is 2.17. The molecule has 30 heavy (non-hydrogen) atoms. The van der Waals surface area contributed by atoms with Crippen molar-refractivity contribution in [1.29, 1.82) is 0 Å². The van der Waals surface area contributed by atoms with E-state index >= 15 is 0 Å². The van der Waals surface area contributed by atoms with E-state index in [1.54, 1.807) is 37.2 Å². The Bertz CT molecular complexity index is 1150. The number of amides is 1. The largest absolute Gasteiger partial charge is 0.493 e. The summed E-state index contributed by atoms with van der Waals surface area (Å²) in [6.45, 7) is 0.386. The molecule has 152 valence electrons. The molecule has 1 N–H and O–H groups in total. The molecule has 0 aliphatic heterocycles. The molecule has 2 heterocycles. The van der Waals surface area contributed by atoms with E-state index < -0.39 is 0 Å². The molecule has 0 atom stereocenters. The van der Waals surface area contributed by atoms with Crippen molar-refractivity contribution in [3.05, 3.63) is 78.1 Å². The van der Waals surface area contributed by atoms with Crippen LogP contribution in [0.25, 0.3) is 11.3 Å². The van der Waals surface area contributed by atoms with Gasteiger partial charge in [-0.15, -0.1) is 0 Å². The quantitative estimate of drug-likeness (QED) is 0.503. The van der Waals surface area contributed by atoms with Gasteiger partial charge < -0.3 is 19.3 Å². The molecule has 0 radical (unpaired) electrons. The van der Waals surface area contributed by atoms with E-state index in [4.69, 9.17) is 14.0 Å². The summed E-state index contributed by atoms with van der Waals surface area (Å²) in [5.74, 6) is 1.91. The smallest absolute Gasteiger partial charge is 0.279 e. The Labute approximate surface area is 173 Å². The summed E-state index contributed by atoms with van der Waals surface area (Å²) in [5.41, 5.74) is 1.89. The van der Waals surface area contributed by atoms with Crippen LogP contribution < -0.4 is 14.8 Å². The molecular weight excluding hydrogens is 384 g/mol. The van der Waals surface area contributed by atoms with Gasteiger partial charge in [0.05, 0.1) is 27.0 Å². The molecule has 8 nitrogen and oxygen atoms in total. The number of methoxy groups -OCH3 is 2. The normalized spacial score (nSPS) is 10.6. The van der Waals surface area contributed by atoms with E-state index in [-0.39, 0.29) is 11.6 Å². The van der Waals surface area contributed by atoms with E-state index in [9.17, 15) is 4.79 Å². The highest BCUT2D eigenvalue weighted by molar-refractivity contribution is 6.02. The predicted octanol–water partition coefficient (Wildman–Crippen LogP) is 3.86. The summed E-state index contributed by atoms with van der Waals surface area (Å²) in [6, 6.07) is 18.4. The molecule has 1 amide bonds. The van der Waals surface area contributed by atoms with E-state index in [2.05, 4.69) is 15.6 Å². The number of rotatable bonds is 7. The zero-order chi connectivity index (χ0) is 20.9. The van der Waals surface area contributed by atoms with Crippen LogP contribution >= 0.6 is 0 Å². The topological polar surface area (TPSA) is 91.4 Å². The maximum Gasteiger partial charge on any atom is 0.279 e. The van der Waals surface area contributed by atoms with Gasteiger partial charge in [-0.25, -0.2) is 4.68 Å². The number of carbonyl (C=O) groups is 1. The molecule has 0 spiro atoms. The number of para-hydroxylation sites is 1. The van der Waals surface area contributed by atoms with Gasteiger partial charge in [-0.1, -0.05) is 47.6 Å². The van der Waals surface area contributed by atoms with Gasteiger partial charge in [-0.3, -0.25) is 4.79 Å². The molecule has 0 bridgehead atoms. The highest BCUT2D eigenvalue weighted by Crippen LogP contribution is 2.31. The van der Waals surface area contributed by atoms with Crippen LogP contribution in [0.15, 0.2) is 71.4 Å². The molecule has 2 aromatic carbocycles. The summed E-state index contributed by atoms with van der Waals surface area (Å²) in [6.07, 6.45) is 1.61. The molecule has 0 aliphatic rings. The monoisotopic (exact) mass is 404 g/mol. The molecule has 4 rings (SSSR count). The van der Waals surface area contributed by atoms with Crippen LogP contribution in [0.1, 0.15) is 16.1 Å². The molecular formula is C22H20N4O4. The second-order valence-electron chi connectivity index (χ2n) is 6.42. The zero-order valence-corrected chi connectivity index (χ0v) is 16.5. The van der Waals surface area contributed by atoms with Crippen molar-refractivity contribution >= 4 is 11.7 Å². The Kier molecular flexibility index (Phi) is 5.47. The van der Waals surface area contributed by atoms with E-state index in [1.807, 2.05) is 48.5 Å². The van der Waals surface area contributed by atoms with Crippen LogP contribution in [0.5, 0.6) is 11.5 Å². The average molecular weight is 404 g/mol.